The van der Waals surface area contributed by atoms with Crippen LogP contribution in [0.1, 0.15) is 16.6 Å². The third kappa shape index (κ3) is 1.68. The molecule has 20 heavy (non-hydrogen) atoms. The number of para-hydroxylation sites is 1. The standard InChI is InChI=1S/C16H14O4/c1-16(2)19-13-5-3-4-11(15(13)20-16)10-6-7-12-14(8-10)18-9-17-12/h3-8H,9H2,1-2H3/i9D2. The molecule has 0 atom stereocenters. The van der Waals surface area contributed by atoms with Crippen molar-refractivity contribution in [2.75, 3.05) is 6.75 Å². The summed E-state index contributed by atoms with van der Waals surface area (Å²) in [6.45, 7) is 1.58. The Kier molecular flexibility index (Phi) is 1.82. The van der Waals surface area contributed by atoms with Gasteiger partial charge in [-0.2, -0.15) is 0 Å². The van der Waals surface area contributed by atoms with Gasteiger partial charge in [-0.05, 0) is 23.8 Å². The zero-order valence-electron chi connectivity index (χ0n) is 13.1. The fourth-order valence-electron chi connectivity index (χ4n) is 2.41. The van der Waals surface area contributed by atoms with Crippen LogP contribution in [0, 0.1) is 0 Å². The van der Waals surface area contributed by atoms with Crippen molar-refractivity contribution >= 4 is 0 Å². The minimum atomic E-state index is -2.12. The molecule has 4 heteroatoms. The first-order valence-electron chi connectivity index (χ1n) is 7.37. The van der Waals surface area contributed by atoms with Crippen molar-refractivity contribution in [2.45, 2.75) is 19.6 Å². The van der Waals surface area contributed by atoms with Gasteiger partial charge in [-0.1, -0.05) is 18.2 Å². The molecule has 102 valence electrons. The molecule has 4 rings (SSSR count). The predicted molar refractivity (Wildman–Crippen MR) is 73.3 cm³/mol. The molecule has 0 unspecified atom stereocenters. The van der Waals surface area contributed by atoms with Crippen LogP contribution in [0.3, 0.4) is 0 Å². The quantitative estimate of drug-likeness (QED) is 0.795. The molecule has 0 radical (unpaired) electrons. The maximum absolute atomic E-state index is 7.50. The van der Waals surface area contributed by atoms with Gasteiger partial charge in [0.15, 0.2) is 23.0 Å². The van der Waals surface area contributed by atoms with Gasteiger partial charge in [-0.3, -0.25) is 0 Å². The molecule has 2 heterocycles. The van der Waals surface area contributed by atoms with Crippen LogP contribution in [0.15, 0.2) is 36.4 Å². The Hall–Kier alpha value is -2.36. The number of benzene rings is 2. The second kappa shape index (κ2) is 3.82. The third-order valence-corrected chi connectivity index (χ3v) is 3.24. The Morgan fingerprint density at radius 3 is 2.75 bits per heavy atom. The Labute approximate surface area is 119 Å². The smallest absolute Gasteiger partial charge is 0.246 e. The Morgan fingerprint density at radius 2 is 1.85 bits per heavy atom. The van der Waals surface area contributed by atoms with Gasteiger partial charge in [0.25, 0.3) is 0 Å². The van der Waals surface area contributed by atoms with Crippen molar-refractivity contribution < 1.29 is 21.7 Å². The molecular weight excluding hydrogens is 256 g/mol. The Morgan fingerprint density at radius 1 is 1.00 bits per heavy atom. The minimum absolute atomic E-state index is 0.373. The van der Waals surface area contributed by atoms with E-state index in [-0.39, 0.29) is 0 Å². The highest BCUT2D eigenvalue weighted by atomic mass is 16.7. The van der Waals surface area contributed by atoms with E-state index in [9.17, 15) is 0 Å². The normalized spacial score (nSPS) is 21.3. The summed E-state index contributed by atoms with van der Waals surface area (Å²) in [5.74, 6) is 1.42. The van der Waals surface area contributed by atoms with Gasteiger partial charge in [0.2, 0.25) is 12.5 Å². The van der Waals surface area contributed by atoms with Crippen LogP contribution in [0.5, 0.6) is 23.0 Å². The molecule has 0 spiro atoms. The van der Waals surface area contributed by atoms with E-state index in [0.717, 1.165) is 11.1 Å². The predicted octanol–water partition coefficient (Wildman–Crippen LogP) is 3.59. The van der Waals surface area contributed by atoms with Crippen molar-refractivity contribution in [1.82, 2.24) is 0 Å². The number of hydrogen-bond donors (Lipinski definition) is 0. The monoisotopic (exact) mass is 272 g/mol. The average Bonchev–Trinajstić information content (AvgIpc) is 2.89. The van der Waals surface area contributed by atoms with E-state index in [1.807, 2.05) is 38.1 Å². The largest absolute Gasteiger partial charge is 0.454 e. The molecule has 0 bridgehead atoms. The van der Waals surface area contributed by atoms with Crippen LogP contribution in [-0.4, -0.2) is 12.5 Å². The molecule has 0 saturated carbocycles. The summed E-state index contributed by atoms with van der Waals surface area (Å²) in [4.78, 5) is 0. The fourth-order valence-corrected chi connectivity index (χ4v) is 2.41. The minimum Gasteiger partial charge on any atom is -0.454 e. The Bertz CT molecular complexity index is 771. The third-order valence-electron chi connectivity index (χ3n) is 3.24. The summed E-state index contributed by atoms with van der Waals surface area (Å²) in [6.07, 6.45) is 0. The zero-order chi connectivity index (χ0) is 15.5. The summed E-state index contributed by atoms with van der Waals surface area (Å²) in [5.41, 5.74) is 1.71. The van der Waals surface area contributed by atoms with Gasteiger partial charge in [-0.25, -0.2) is 0 Å². The van der Waals surface area contributed by atoms with E-state index < -0.39 is 12.5 Å². The van der Waals surface area contributed by atoms with Crippen LogP contribution in [0.25, 0.3) is 11.1 Å². The molecule has 0 saturated heterocycles. The lowest BCUT2D eigenvalue weighted by Crippen LogP contribution is -2.29. The lowest BCUT2D eigenvalue weighted by Gasteiger charge is -2.16. The molecule has 2 aromatic carbocycles. The number of rotatable bonds is 1. The molecule has 4 nitrogen and oxygen atoms in total. The maximum atomic E-state index is 7.50. The number of hydrogen-bond acceptors (Lipinski definition) is 4. The van der Waals surface area contributed by atoms with Gasteiger partial charge in [0.05, 0.1) is 0 Å². The Balaban J connectivity index is 1.78. The summed E-state index contributed by atoms with van der Waals surface area (Å²) >= 11 is 0. The SMILES string of the molecule is [2H]C1([2H])Oc2ccc(-c3cccc4c3OC(C)(C)O4)cc2O1. The first-order chi connectivity index (χ1) is 10.3. The first-order valence-corrected chi connectivity index (χ1v) is 6.37. The molecular formula is C16H14O4. The summed E-state index contributed by atoms with van der Waals surface area (Å²) in [6, 6.07) is 11.0. The molecule has 0 aromatic heterocycles. The van der Waals surface area contributed by atoms with Crippen molar-refractivity contribution in [2.24, 2.45) is 0 Å². The summed E-state index contributed by atoms with van der Waals surface area (Å²) in [5, 5.41) is 0. The van der Waals surface area contributed by atoms with Crippen LogP contribution < -0.4 is 18.9 Å². The molecule has 0 aliphatic carbocycles. The maximum Gasteiger partial charge on any atom is 0.246 e. The lowest BCUT2D eigenvalue weighted by molar-refractivity contribution is -0.0429. The van der Waals surface area contributed by atoms with Crippen molar-refractivity contribution in [3.05, 3.63) is 36.4 Å². The molecule has 2 aromatic rings. The fraction of sp³-hybridized carbons (Fsp3) is 0.250. The van der Waals surface area contributed by atoms with E-state index in [1.54, 1.807) is 12.1 Å². The topological polar surface area (TPSA) is 36.9 Å². The molecule has 2 aliphatic rings. The zero-order valence-corrected chi connectivity index (χ0v) is 11.1. The van der Waals surface area contributed by atoms with Crippen molar-refractivity contribution in [3.63, 3.8) is 0 Å². The second-order valence-corrected chi connectivity index (χ2v) is 5.19. The summed E-state index contributed by atoms with van der Waals surface area (Å²) < 4.78 is 36.8. The van der Waals surface area contributed by atoms with E-state index in [2.05, 4.69) is 0 Å². The van der Waals surface area contributed by atoms with Crippen LogP contribution in [-0.2, 0) is 0 Å². The van der Waals surface area contributed by atoms with Gasteiger partial charge in [0, 0.05) is 19.4 Å². The number of ether oxygens (including phenoxy) is 4. The summed E-state index contributed by atoms with van der Waals surface area (Å²) in [7, 11) is 0. The van der Waals surface area contributed by atoms with Crippen molar-refractivity contribution in [3.8, 4) is 34.1 Å². The second-order valence-electron chi connectivity index (χ2n) is 5.19. The van der Waals surface area contributed by atoms with Crippen LogP contribution in [0.4, 0.5) is 0 Å². The highest BCUT2D eigenvalue weighted by molar-refractivity contribution is 5.76. The number of fused-ring (bicyclic) bond motifs is 2. The molecule has 0 fully saturated rings. The first kappa shape index (κ1) is 9.53. The molecule has 2 aliphatic heterocycles. The van der Waals surface area contributed by atoms with Gasteiger partial charge in [0.1, 0.15) is 2.74 Å². The van der Waals surface area contributed by atoms with E-state index >= 15 is 0 Å². The average molecular weight is 272 g/mol. The van der Waals surface area contributed by atoms with Gasteiger partial charge < -0.3 is 18.9 Å². The van der Waals surface area contributed by atoms with Crippen LogP contribution >= 0.6 is 0 Å². The highest BCUT2D eigenvalue weighted by Crippen LogP contribution is 2.47. The van der Waals surface area contributed by atoms with Crippen molar-refractivity contribution in [1.29, 1.82) is 0 Å². The highest BCUT2D eigenvalue weighted by Gasteiger charge is 2.33. The lowest BCUT2D eigenvalue weighted by atomic mass is 10.0. The van der Waals surface area contributed by atoms with Gasteiger partial charge in [-0.15, -0.1) is 0 Å². The van der Waals surface area contributed by atoms with E-state index in [0.29, 0.717) is 23.0 Å². The van der Waals surface area contributed by atoms with Crippen LogP contribution in [0.2, 0.25) is 0 Å². The van der Waals surface area contributed by atoms with E-state index in [4.69, 9.17) is 21.7 Å². The van der Waals surface area contributed by atoms with Gasteiger partial charge >= 0.3 is 0 Å². The molecule has 0 N–H and O–H groups in total. The van der Waals surface area contributed by atoms with E-state index in [1.165, 1.54) is 0 Å². The molecule has 0 amide bonds.